The Morgan fingerprint density at radius 2 is 2.29 bits per heavy atom. The van der Waals surface area contributed by atoms with Crippen LogP contribution in [0.25, 0.3) is 6.20 Å². The van der Waals surface area contributed by atoms with Gasteiger partial charge in [0.1, 0.15) is 0 Å². The van der Waals surface area contributed by atoms with Gasteiger partial charge >= 0.3 is 6.18 Å². The Labute approximate surface area is 79.2 Å². The Bertz CT molecular complexity index is 303. The highest BCUT2D eigenvalue weighted by Gasteiger charge is 2.26. The fraction of sp³-hybridized carbons (Fsp3) is 0.375. The molecule has 1 rings (SSSR count). The summed E-state index contributed by atoms with van der Waals surface area (Å²) in [4.78, 5) is 0. The fourth-order valence-corrected chi connectivity index (χ4v) is 0.917. The minimum absolute atomic E-state index is 0.146. The second-order valence-electron chi connectivity index (χ2n) is 2.73. The van der Waals surface area contributed by atoms with Crippen molar-refractivity contribution in [3.05, 3.63) is 24.5 Å². The summed E-state index contributed by atoms with van der Waals surface area (Å²) in [6, 6.07) is 0. The van der Waals surface area contributed by atoms with Crippen LogP contribution in [0.15, 0.2) is 19.0 Å². The van der Waals surface area contributed by atoms with Crippen molar-refractivity contribution in [2.45, 2.75) is 12.7 Å². The highest BCUT2D eigenvalue weighted by Crippen LogP contribution is 2.12. The quantitative estimate of drug-likeness (QED) is 0.809. The van der Waals surface area contributed by atoms with Gasteiger partial charge in [-0.1, -0.05) is 6.58 Å². The van der Waals surface area contributed by atoms with E-state index in [1.54, 1.807) is 6.20 Å². The van der Waals surface area contributed by atoms with E-state index < -0.39 is 12.7 Å². The van der Waals surface area contributed by atoms with Gasteiger partial charge < -0.3 is 5.32 Å². The fourth-order valence-electron chi connectivity index (χ4n) is 0.917. The van der Waals surface area contributed by atoms with Crippen LogP contribution in [0.1, 0.15) is 5.56 Å². The largest absolute Gasteiger partial charge is 0.401 e. The third-order valence-corrected chi connectivity index (χ3v) is 1.50. The van der Waals surface area contributed by atoms with Crippen molar-refractivity contribution in [1.82, 2.24) is 15.1 Å². The molecule has 0 spiro atoms. The van der Waals surface area contributed by atoms with E-state index in [9.17, 15) is 13.2 Å². The van der Waals surface area contributed by atoms with Crippen molar-refractivity contribution in [3.8, 4) is 0 Å². The Hall–Kier alpha value is -1.30. The van der Waals surface area contributed by atoms with Crippen LogP contribution in [0.4, 0.5) is 13.2 Å². The van der Waals surface area contributed by atoms with Gasteiger partial charge in [0, 0.05) is 24.5 Å². The number of alkyl halides is 3. The monoisotopic (exact) mass is 205 g/mol. The van der Waals surface area contributed by atoms with E-state index >= 15 is 0 Å². The smallest absolute Gasteiger partial charge is 0.304 e. The average Bonchev–Trinajstić information content (AvgIpc) is 2.50. The molecule has 0 amide bonds. The van der Waals surface area contributed by atoms with E-state index in [1.165, 1.54) is 17.1 Å². The molecule has 0 aliphatic rings. The molecule has 0 bridgehead atoms. The molecule has 0 fully saturated rings. The lowest BCUT2D eigenvalue weighted by Crippen LogP contribution is -2.28. The molecule has 0 saturated carbocycles. The third-order valence-electron chi connectivity index (χ3n) is 1.50. The first kappa shape index (κ1) is 10.8. The predicted octanol–water partition coefficient (Wildman–Crippen LogP) is 1.64. The first-order chi connectivity index (χ1) is 6.51. The summed E-state index contributed by atoms with van der Waals surface area (Å²) in [7, 11) is 0. The zero-order valence-corrected chi connectivity index (χ0v) is 7.38. The van der Waals surface area contributed by atoms with Gasteiger partial charge in [-0.3, -0.25) is 0 Å². The van der Waals surface area contributed by atoms with Crippen molar-refractivity contribution >= 4 is 6.20 Å². The second kappa shape index (κ2) is 4.28. The number of nitrogens with zero attached hydrogens (tertiary/aromatic N) is 2. The molecule has 0 radical (unpaired) electrons. The van der Waals surface area contributed by atoms with Crippen molar-refractivity contribution in [3.63, 3.8) is 0 Å². The molecule has 3 nitrogen and oxygen atoms in total. The Kier molecular flexibility index (Phi) is 3.29. The maximum Gasteiger partial charge on any atom is 0.401 e. The molecule has 6 heteroatoms. The van der Waals surface area contributed by atoms with Crippen LogP contribution in [0.2, 0.25) is 0 Å². The minimum Gasteiger partial charge on any atom is -0.304 e. The maximum atomic E-state index is 11.7. The molecule has 0 aliphatic carbocycles. The Morgan fingerprint density at radius 1 is 1.57 bits per heavy atom. The minimum atomic E-state index is -4.17. The van der Waals surface area contributed by atoms with E-state index in [4.69, 9.17) is 0 Å². The van der Waals surface area contributed by atoms with Gasteiger partial charge in [0.05, 0.1) is 12.7 Å². The van der Waals surface area contributed by atoms with Crippen LogP contribution in [-0.2, 0) is 6.54 Å². The standard InChI is InChI=1S/C8H10F3N3/c1-2-14-5-7(4-13-14)3-12-6-8(9,10)11/h2,4-5,12H,1,3,6H2. The summed E-state index contributed by atoms with van der Waals surface area (Å²) in [5.74, 6) is 0. The van der Waals surface area contributed by atoms with Gasteiger partial charge in [0.25, 0.3) is 0 Å². The molecule has 0 aromatic carbocycles. The summed E-state index contributed by atoms with van der Waals surface area (Å²) < 4.78 is 36.6. The molecular weight excluding hydrogens is 195 g/mol. The van der Waals surface area contributed by atoms with Crippen molar-refractivity contribution in [2.24, 2.45) is 0 Å². The molecule has 0 aliphatic heterocycles. The summed E-state index contributed by atoms with van der Waals surface area (Å²) in [6.45, 7) is 2.62. The molecule has 14 heavy (non-hydrogen) atoms. The van der Waals surface area contributed by atoms with E-state index in [-0.39, 0.29) is 6.54 Å². The molecule has 1 aromatic rings. The first-order valence-corrected chi connectivity index (χ1v) is 3.94. The molecule has 1 heterocycles. The van der Waals surface area contributed by atoms with E-state index in [2.05, 4.69) is 17.0 Å². The highest BCUT2D eigenvalue weighted by molar-refractivity contribution is 5.17. The first-order valence-electron chi connectivity index (χ1n) is 3.94. The number of aromatic nitrogens is 2. The van der Waals surface area contributed by atoms with Crippen molar-refractivity contribution in [2.75, 3.05) is 6.54 Å². The van der Waals surface area contributed by atoms with E-state index in [1.807, 2.05) is 0 Å². The zero-order valence-electron chi connectivity index (χ0n) is 7.38. The number of nitrogens with one attached hydrogen (secondary N) is 1. The molecule has 0 unspecified atom stereocenters. The zero-order chi connectivity index (χ0) is 10.6. The molecule has 0 atom stereocenters. The Morgan fingerprint density at radius 3 is 2.79 bits per heavy atom. The molecular formula is C8H10F3N3. The van der Waals surface area contributed by atoms with Crippen molar-refractivity contribution < 1.29 is 13.2 Å². The van der Waals surface area contributed by atoms with Gasteiger partial charge in [-0.05, 0) is 0 Å². The van der Waals surface area contributed by atoms with E-state index in [0.717, 1.165) is 0 Å². The van der Waals surface area contributed by atoms with Crippen LogP contribution in [0.3, 0.4) is 0 Å². The topological polar surface area (TPSA) is 29.9 Å². The normalized spacial score (nSPS) is 11.6. The summed E-state index contributed by atoms with van der Waals surface area (Å²) >= 11 is 0. The lowest BCUT2D eigenvalue weighted by molar-refractivity contribution is -0.125. The number of hydrogen-bond acceptors (Lipinski definition) is 2. The lowest BCUT2D eigenvalue weighted by atomic mass is 10.3. The van der Waals surface area contributed by atoms with Gasteiger partial charge in [0.15, 0.2) is 0 Å². The predicted molar refractivity (Wildman–Crippen MR) is 46.4 cm³/mol. The molecule has 1 N–H and O–H groups in total. The number of hydrogen-bond donors (Lipinski definition) is 1. The molecule has 1 aromatic heterocycles. The highest BCUT2D eigenvalue weighted by atomic mass is 19.4. The number of halogens is 3. The summed E-state index contributed by atoms with van der Waals surface area (Å²) in [5.41, 5.74) is 0.689. The van der Waals surface area contributed by atoms with Crippen LogP contribution in [0, 0.1) is 0 Å². The van der Waals surface area contributed by atoms with Crippen LogP contribution < -0.4 is 5.32 Å². The van der Waals surface area contributed by atoms with Crippen LogP contribution in [0.5, 0.6) is 0 Å². The second-order valence-corrected chi connectivity index (χ2v) is 2.73. The van der Waals surface area contributed by atoms with Gasteiger partial charge in [-0.2, -0.15) is 18.3 Å². The summed E-state index contributed by atoms with van der Waals surface area (Å²) in [6.07, 6.45) is 0.392. The Balaban J connectivity index is 2.35. The maximum absolute atomic E-state index is 11.7. The van der Waals surface area contributed by atoms with Crippen LogP contribution >= 0.6 is 0 Å². The van der Waals surface area contributed by atoms with Gasteiger partial charge in [0.2, 0.25) is 0 Å². The number of rotatable bonds is 4. The van der Waals surface area contributed by atoms with Gasteiger partial charge in [-0.25, -0.2) is 4.68 Å². The molecule has 78 valence electrons. The molecule has 0 saturated heterocycles. The lowest BCUT2D eigenvalue weighted by Gasteiger charge is -2.06. The summed E-state index contributed by atoms with van der Waals surface area (Å²) in [5, 5.41) is 6.09. The van der Waals surface area contributed by atoms with E-state index in [0.29, 0.717) is 5.56 Å². The van der Waals surface area contributed by atoms with Crippen LogP contribution in [-0.4, -0.2) is 22.5 Å². The average molecular weight is 205 g/mol. The third kappa shape index (κ3) is 3.61. The van der Waals surface area contributed by atoms with Gasteiger partial charge in [-0.15, -0.1) is 0 Å². The SMILES string of the molecule is C=Cn1cc(CNCC(F)(F)F)cn1. The van der Waals surface area contributed by atoms with Crippen molar-refractivity contribution in [1.29, 1.82) is 0 Å².